The molecule has 2 rings (SSSR count). The van der Waals surface area contributed by atoms with Crippen molar-refractivity contribution in [1.29, 1.82) is 0 Å². The van der Waals surface area contributed by atoms with E-state index in [9.17, 15) is 8.42 Å². The monoisotopic (exact) mass is 274 g/mol. The van der Waals surface area contributed by atoms with E-state index in [0.717, 1.165) is 22.9 Å². The van der Waals surface area contributed by atoms with Crippen molar-refractivity contribution in [2.24, 2.45) is 0 Å². The molecule has 0 spiro atoms. The van der Waals surface area contributed by atoms with Gasteiger partial charge in [0.15, 0.2) is 9.84 Å². The maximum absolute atomic E-state index is 11.6. The van der Waals surface area contributed by atoms with E-state index >= 15 is 0 Å². The number of rotatable bonds is 3. The molecule has 1 aromatic carbocycles. The van der Waals surface area contributed by atoms with E-state index in [-0.39, 0.29) is 11.0 Å². The summed E-state index contributed by atoms with van der Waals surface area (Å²) in [6.07, 6.45) is 1.69. The van der Waals surface area contributed by atoms with E-state index in [2.05, 4.69) is 15.9 Å². The van der Waals surface area contributed by atoms with Crippen LogP contribution >= 0.6 is 15.9 Å². The molecule has 0 saturated heterocycles. The first kappa shape index (κ1) is 10.2. The highest BCUT2D eigenvalue weighted by molar-refractivity contribution is 9.10. The van der Waals surface area contributed by atoms with Crippen molar-refractivity contribution in [3.63, 3.8) is 0 Å². The molecule has 0 radical (unpaired) electrons. The Bertz CT molecular complexity index is 418. The topological polar surface area (TPSA) is 34.1 Å². The SMILES string of the molecule is O=S(=O)(Cc1ccc(Br)cc1)C1CC1. The molecule has 1 aliphatic carbocycles. The van der Waals surface area contributed by atoms with Gasteiger partial charge < -0.3 is 0 Å². The molecule has 0 bridgehead atoms. The fourth-order valence-electron chi connectivity index (χ4n) is 1.36. The smallest absolute Gasteiger partial charge is 0.157 e. The molecule has 4 heteroatoms. The first-order chi connectivity index (χ1) is 6.58. The Morgan fingerprint density at radius 2 is 1.79 bits per heavy atom. The summed E-state index contributed by atoms with van der Waals surface area (Å²) in [7, 11) is -2.87. The van der Waals surface area contributed by atoms with E-state index in [1.807, 2.05) is 24.3 Å². The Labute approximate surface area is 92.4 Å². The summed E-state index contributed by atoms with van der Waals surface area (Å²) in [6.45, 7) is 0. The predicted octanol–water partition coefficient (Wildman–Crippen LogP) is 2.53. The lowest BCUT2D eigenvalue weighted by Crippen LogP contribution is -2.09. The van der Waals surface area contributed by atoms with Crippen LogP contribution in [0.3, 0.4) is 0 Å². The van der Waals surface area contributed by atoms with E-state index in [4.69, 9.17) is 0 Å². The molecule has 0 heterocycles. The van der Waals surface area contributed by atoms with Gasteiger partial charge in [-0.3, -0.25) is 0 Å². The summed E-state index contributed by atoms with van der Waals surface area (Å²) < 4.78 is 24.2. The third-order valence-corrected chi connectivity index (χ3v) is 5.06. The van der Waals surface area contributed by atoms with E-state index < -0.39 is 9.84 Å². The second kappa shape index (κ2) is 3.66. The van der Waals surface area contributed by atoms with Crippen LogP contribution in [0.4, 0.5) is 0 Å². The number of benzene rings is 1. The molecule has 0 atom stereocenters. The van der Waals surface area contributed by atoms with Gasteiger partial charge >= 0.3 is 0 Å². The lowest BCUT2D eigenvalue weighted by molar-refractivity contribution is 0.594. The summed E-state index contributed by atoms with van der Waals surface area (Å²) in [5, 5.41) is -0.0638. The largest absolute Gasteiger partial charge is 0.228 e. The van der Waals surface area contributed by atoms with E-state index in [0.29, 0.717) is 0 Å². The van der Waals surface area contributed by atoms with Crippen LogP contribution in [0.15, 0.2) is 28.7 Å². The van der Waals surface area contributed by atoms with Crippen molar-refractivity contribution >= 4 is 25.8 Å². The van der Waals surface area contributed by atoms with Crippen molar-refractivity contribution in [1.82, 2.24) is 0 Å². The summed E-state index contributed by atoms with van der Waals surface area (Å²) >= 11 is 3.32. The zero-order chi connectivity index (χ0) is 10.2. The summed E-state index contributed by atoms with van der Waals surface area (Å²) in [5.74, 6) is 0.185. The highest BCUT2D eigenvalue weighted by Gasteiger charge is 2.35. The second-order valence-corrected chi connectivity index (χ2v) is 6.83. The lowest BCUT2D eigenvalue weighted by atomic mass is 10.2. The zero-order valence-electron chi connectivity index (χ0n) is 7.61. The summed E-state index contributed by atoms with van der Waals surface area (Å²) in [6, 6.07) is 7.45. The molecule has 14 heavy (non-hydrogen) atoms. The van der Waals surface area contributed by atoms with Crippen LogP contribution in [0, 0.1) is 0 Å². The Hall–Kier alpha value is -0.350. The molecular weight excluding hydrogens is 264 g/mol. The quantitative estimate of drug-likeness (QED) is 0.849. The molecule has 0 unspecified atom stereocenters. The van der Waals surface area contributed by atoms with Gasteiger partial charge in [0.1, 0.15) is 0 Å². The zero-order valence-corrected chi connectivity index (χ0v) is 10.0. The maximum atomic E-state index is 11.6. The third kappa shape index (κ3) is 2.36. The van der Waals surface area contributed by atoms with Crippen LogP contribution in [0.2, 0.25) is 0 Å². The second-order valence-electron chi connectivity index (χ2n) is 3.63. The minimum absolute atomic E-state index is 0.0638. The van der Waals surface area contributed by atoms with Gasteiger partial charge in [-0.1, -0.05) is 28.1 Å². The first-order valence-corrected chi connectivity index (χ1v) is 7.05. The van der Waals surface area contributed by atoms with Crippen molar-refractivity contribution in [3.05, 3.63) is 34.3 Å². The molecule has 2 nitrogen and oxygen atoms in total. The van der Waals surface area contributed by atoms with Gasteiger partial charge in [0.2, 0.25) is 0 Å². The molecule has 1 fully saturated rings. The van der Waals surface area contributed by atoms with Crippen LogP contribution in [-0.2, 0) is 15.6 Å². The maximum Gasteiger partial charge on any atom is 0.157 e. The van der Waals surface area contributed by atoms with Crippen LogP contribution in [0.1, 0.15) is 18.4 Å². The van der Waals surface area contributed by atoms with E-state index in [1.54, 1.807) is 0 Å². The highest BCUT2D eigenvalue weighted by atomic mass is 79.9. The van der Waals surface area contributed by atoms with Crippen LogP contribution < -0.4 is 0 Å². The van der Waals surface area contributed by atoms with Crippen molar-refractivity contribution < 1.29 is 8.42 Å². The van der Waals surface area contributed by atoms with E-state index in [1.165, 1.54) is 0 Å². The van der Waals surface area contributed by atoms with Gasteiger partial charge in [-0.25, -0.2) is 8.42 Å². The highest BCUT2D eigenvalue weighted by Crippen LogP contribution is 2.30. The predicted molar refractivity (Wildman–Crippen MR) is 59.8 cm³/mol. The number of sulfone groups is 1. The van der Waals surface area contributed by atoms with Crippen LogP contribution in [0.25, 0.3) is 0 Å². The van der Waals surface area contributed by atoms with Crippen molar-refractivity contribution in [2.75, 3.05) is 0 Å². The summed E-state index contributed by atoms with van der Waals surface area (Å²) in [5.41, 5.74) is 0.875. The number of halogens is 1. The van der Waals surface area contributed by atoms with Crippen molar-refractivity contribution in [2.45, 2.75) is 23.8 Å². The lowest BCUT2D eigenvalue weighted by Gasteiger charge is -2.02. The average Bonchev–Trinajstić information content (AvgIpc) is 2.91. The fraction of sp³-hybridized carbons (Fsp3) is 0.400. The Kier molecular flexibility index (Phi) is 2.66. The van der Waals surface area contributed by atoms with Gasteiger partial charge in [-0.15, -0.1) is 0 Å². The molecule has 76 valence electrons. The molecule has 1 saturated carbocycles. The van der Waals surface area contributed by atoms with Gasteiger partial charge in [0.05, 0.1) is 11.0 Å². The first-order valence-electron chi connectivity index (χ1n) is 4.54. The van der Waals surface area contributed by atoms with Gasteiger partial charge in [0.25, 0.3) is 0 Å². The minimum atomic E-state index is -2.87. The van der Waals surface area contributed by atoms with Crippen LogP contribution in [-0.4, -0.2) is 13.7 Å². The summed E-state index contributed by atoms with van der Waals surface area (Å²) in [4.78, 5) is 0. The molecule has 0 aliphatic heterocycles. The number of hydrogen-bond donors (Lipinski definition) is 0. The number of hydrogen-bond acceptors (Lipinski definition) is 2. The molecule has 0 N–H and O–H groups in total. The van der Waals surface area contributed by atoms with Gasteiger partial charge in [-0.2, -0.15) is 0 Å². The van der Waals surface area contributed by atoms with Crippen LogP contribution in [0.5, 0.6) is 0 Å². The Morgan fingerprint density at radius 1 is 1.21 bits per heavy atom. The van der Waals surface area contributed by atoms with Gasteiger partial charge in [-0.05, 0) is 30.5 Å². The molecular formula is C10H11BrO2S. The van der Waals surface area contributed by atoms with Crippen molar-refractivity contribution in [3.8, 4) is 0 Å². The standard InChI is InChI=1S/C10H11BrO2S/c11-9-3-1-8(2-4-9)7-14(12,13)10-5-6-10/h1-4,10H,5-7H2. The van der Waals surface area contributed by atoms with Gasteiger partial charge in [0, 0.05) is 4.47 Å². The molecule has 1 aromatic rings. The molecule has 0 aromatic heterocycles. The fourth-order valence-corrected chi connectivity index (χ4v) is 3.37. The Morgan fingerprint density at radius 3 is 2.29 bits per heavy atom. The minimum Gasteiger partial charge on any atom is -0.228 e. The normalized spacial score (nSPS) is 16.9. The third-order valence-electron chi connectivity index (χ3n) is 2.31. The molecule has 1 aliphatic rings. The molecule has 0 amide bonds. The average molecular weight is 275 g/mol. The Balaban J connectivity index is 2.14.